The third-order valence-electron chi connectivity index (χ3n) is 1.34. The molecule has 0 heterocycles. The van der Waals surface area contributed by atoms with E-state index in [1.54, 1.807) is 6.07 Å². The van der Waals surface area contributed by atoms with Gasteiger partial charge in [-0.1, -0.05) is 22.0 Å². The predicted octanol–water partition coefficient (Wildman–Crippen LogP) is 2.53. The molecule has 0 aliphatic rings. The Kier molecular flexibility index (Phi) is 2.76. The van der Waals surface area contributed by atoms with Gasteiger partial charge in [0.15, 0.2) is 6.29 Å². The third-order valence-corrected chi connectivity index (χ3v) is 1.99. The van der Waals surface area contributed by atoms with Crippen molar-refractivity contribution in [1.82, 2.24) is 0 Å². The first-order valence-electron chi connectivity index (χ1n) is 3.07. The van der Waals surface area contributed by atoms with Crippen molar-refractivity contribution in [2.45, 2.75) is 5.33 Å². The van der Waals surface area contributed by atoms with Gasteiger partial charge in [-0.3, -0.25) is 4.79 Å². The summed E-state index contributed by atoms with van der Waals surface area (Å²) in [6.45, 7) is 0. The maximum Gasteiger partial charge on any atom is 0.153 e. The summed E-state index contributed by atoms with van der Waals surface area (Å²) in [5.74, 6) is -0.468. The lowest BCUT2D eigenvalue weighted by atomic mass is 10.1. The SMILES string of the molecule is O=Cc1cc(CBr)ccc1F. The molecular formula is C8H6BrFO. The summed E-state index contributed by atoms with van der Waals surface area (Å²) in [5.41, 5.74) is 1.01. The molecule has 1 aromatic rings. The minimum Gasteiger partial charge on any atom is -0.298 e. The second-order valence-electron chi connectivity index (χ2n) is 2.11. The molecule has 0 saturated heterocycles. The Balaban J connectivity index is 3.12. The van der Waals surface area contributed by atoms with E-state index in [9.17, 15) is 9.18 Å². The van der Waals surface area contributed by atoms with Gasteiger partial charge in [-0.2, -0.15) is 0 Å². The number of benzene rings is 1. The fourth-order valence-corrected chi connectivity index (χ4v) is 1.12. The van der Waals surface area contributed by atoms with Gasteiger partial charge in [0.2, 0.25) is 0 Å². The molecule has 11 heavy (non-hydrogen) atoms. The highest BCUT2D eigenvalue weighted by molar-refractivity contribution is 9.08. The molecule has 0 bridgehead atoms. The first-order chi connectivity index (χ1) is 5.27. The van der Waals surface area contributed by atoms with E-state index in [0.29, 0.717) is 11.6 Å². The highest BCUT2D eigenvalue weighted by Gasteiger charge is 2.00. The van der Waals surface area contributed by atoms with Gasteiger partial charge in [0.25, 0.3) is 0 Å². The number of rotatable bonds is 2. The zero-order chi connectivity index (χ0) is 8.27. The highest BCUT2D eigenvalue weighted by Crippen LogP contribution is 2.10. The zero-order valence-corrected chi connectivity index (χ0v) is 7.27. The summed E-state index contributed by atoms with van der Waals surface area (Å²) >= 11 is 3.21. The summed E-state index contributed by atoms with van der Waals surface area (Å²) in [5, 5.41) is 0.633. The normalized spacial score (nSPS) is 9.64. The van der Waals surface area contributed by atoms with Crippen molar-refractivity contribution in [3.05, 3.63) is 35.1 Å². The van der Waals surface area contributed by atoms with Crippen LogP contribution in [0, 0.1) is 5.82 Å². The summed E-state index contributed by atoms with van der Waals surface area (Å²) < 4.78 is 12.7. The van der Waals surface area contributed by atoms with Crippen LogP contribution >= 0.6 is 15.9 Å². The Hall–Kier alpha value is -0.700. The van der Waals surface area contributed by atoms with Crippen LogP contribution in [0.5, 0.6) is 0 Å². The minimum atomic E-state index is -0.468. The first-order valence-corrected chi connectivity index (χ1v) is 4.19. The van der Waals surface area contributed by atoms with Crippen LogP contribution in [0.3, 0.4) is 0 Å². The Morgan fingerprint density at radius 1 is 1.55 bits per heavy atom. The lowest BCUT2D eigenvalue weighted by Crippen LogP contribution is -1.88. The highest BCUT2D eigenvalue weighted by atomic mass is 79.9. The van der Waals surface area contributed by atoms with Crippen LogP contribution in [0.1, 0.15) is 15.9 Å². The van der Waals surface area contributed by atoms with E-state index in [1.807, 2.05) is 0 Å². The molecule has 3 heteroatoms. The van der Waals surface area contributed by atoms with Crippen LogP contribution in [0.25, 0.3) is 0 Å². The molecule has 0 spiro atoms. The van der Waals surface area contributed by atoms with E-state index >= 15 is 0 Å². The molecule has 0 aromatic heterocycles. The van der Waals surface area contributed by atoms with Crippen molar-refractivity contribution in [1.29, 1.82) is 0 Å². The second kappa shape index (κ2) is 3.62. The maximum atomic E-state index is 12.7. The van der Waals surface area contributed by atoms with Crippen LogP contribution in [0.2, 0.25) is 0 Å². The lowest BCUT2D eigenvalue weighted by Gasteiger charge is -1.96. The molecule has 1 nitrogen and oxygen atoms in total. The molecule has 0 unspecified atom stereocenters. The van der Waals surface area contributed by atoms with E-state index in [1.165, 1.54) is 12.1 Å². The average molecular weight is 217 g/mol. The molecule has 0 fully saturated rings. The maximum absolute atomic E-state index is 12.7. The topological polar surface area (TPSA) is 17.1 Å². The number of carbonyl (C=O) groups is 1. The fourth-order valence-electron chi connectivity index (χ4n) is 0.767. The van der Waals surface area contributed by atoms with Gasteiger partial charge in [0, 0.05) is 5.33 Å². The summed E-state index contributed by atoms with van der Waals surface area (Å²) in [6.07, 6.45) is 0.515. The van der Waals surface area contributed by atoms with E-state index in [4.69, 9.17) is 0 Å². The van der Waals surface area contributed by atoms with E-state index < -0.39 is 5.82 Å². The molecule has 0 saturated carbocycles. The van der Waals surface area contributed by atoms with Crippen LogP contribution < -0.4 is 0 Å². The Bertz CT molecular complexity index is 273. The van der Waals surface area contributed by atoms with Gasteiger partial charge in [-0.25, -0.2) is 4.39 Å². The van der Waals surface area contributed by atoms with Crippen LogP contribution in [0.15, 0.2) is 18.2 Å². The Morgan fingerprint density at radius 3 is 2.82 bits per heavy atom. The van der Waals surface area contributed by atoms with Crippen molar-refractivity contribution in [2.24, 2.45) is 0 Å². The molecule has 0 aliphatic carbocycles. The summed E-state index contributed by atoms with van der Waals surface area (Å²) in [4.78, 5) is 10.2. The molecule has 0 atom stereocenters. The van der Waals surface area contributed by atoms with Gasteiger partial charge in [-0.05, 0) is 17.7 Å². The first kappa shape index (κ1) is 8.40. The van der Waals surface area contributed by atoms with Crippen molar-refractivity contribution >= 4 is 22.2 Å². The van der Waals surface area contributed by atoms with Crippen LogP contribution in [-0.4, -0.2) is 6.29 Å². The van der Waals surface area contributed by atoms with Gasteiger partial charge in [0.1, 0.15) is 5.82 Å². The number of alkyl halides is 1. The molecule has 0 radical (unpaired) electrons. The standard InChI is InChI=1S/C8H6BrFO/c9-4-6-1-2-8(10)7(3-6)5-11/h1-3,5H,4H2. The van der Waals surface area contributed by atoms with Crippen molar-refractivity contribution in [3.63, 3.8) is 0 Å². The molecule has 0 aliphatic heterocycles. The van der Waals surface area contributed by atoms with Crippen molar-refractivity contribution in [2.75, 3.05) is 0 Å². The molecule has 1 rings (SSSR count). The summed E-state index contributed by atoms with van der Waals surface area (Å²) in [7, 11) is 0. The average Bonchev–Trinajstić information content (AvgIpc) is 2.05. The Labute approximate surface area is 72.4 Å². The smallest absolute Gasteiger partial charge is 0.153 e. The van der Waals surface area contributed by atoms with Crippen molar-refractivity contribution in [3.8, 4) is 0 Å². The summed E-state index contributed by atoms with van der Waals surface area (Å²) in [6, 6.07) is 4.45. The molecule has 58 valence electrons. The van der Waals surface area contributed by atoms with Gasteiger partial charge in [0.05, 0.1) is 5.56 Å². The lowest BCUT2D eigenvalue weighted by molar-refractivity contribution is 0.111. The third kappa shape index (κ3) is 1.87. The van der Waals surface area contributed by atoms with E-state index in [2.05, 4.69) is 15.9 Å². The van der Waals surface area contributed by atoms with Gasteiger partial charge < -0.3 is 0 Å². The molecule has 0 N–H and O–H groups in total. The van der Waals surface area contributed by atoms with Gasteiger partial charge in [-0.15, -0.1) is 0 Å². The van der Waals surface area contributed by atoms with Gasteiger partial charge >= 0.3 is 0 Å². The Morgan fingerprint density at radius 2 is 2.27 bits per heavy atom. The largest absolute Gasteiger partial charge is 0.298 e. The van der Waals surface area contributed by atoms with E-state index in [0.717, 1.165) is 5.56 Å². The number of aldehydes is 1. The van der Waals surface area contributed by atoms with Crippen LogP contribution in [0.4, 0.5) is 4.39 Å². The van der Waals surface area contributed by atoms with Crippen LogP contribution in [-0.2, 0) is 5.33 Å². The zero-order valence-electron chi connectivity index (χ0n) is 5.68. The number of halogens is 2. The predicted molar refractivity (Wildman–Crippen MR) is 44.4 cm³/mol. The molecule has 1 aromatic carbocycles. The number of carbonyl (C=O) groups excluding carboxylic acids is 1. The monoisotopic (exact) mass is 216 g/mol. The second-order valence-corrected chi connectivity index (χ2v) is 2.67. The van der Waals surface area contributed by atoms with Crippen molar-refractivity contribution < 1.29 is 9.18 Å². The fraction of sp³-hybridized carbons (Fsp3) is 0.125. The molecule has 0 amide bonds. The minimum absolute atomic E-state index is 0.113. The number of hydrogen-bond donors (Lipinski definition) is 0. The van der Waals surface area contributed by atoms with E-state index in [-0.39, 0.29) is 5.56 Å². The number of hydrogen-bond acceptors (Lipinski definition) is 1. The quantitative estimate of drug-likeness (QED) is 0.549. The molecular weight excluding hydrogens is 211 g/mol.